The fourth-order valence-corrected chi connectivity index (χ4v) is 3.05. The average Bonchev–Trinajstić information content (AvgIpc) is 2.59. The van der Waals surface area contributed by atoms with Crippen LogP contribution in [0.15, 0.2) is 67.3 Å². The van der Waals surface area contributed by atoms with Gasteiger partial charge in [0.1, 0.15) is 0 Å². The van der Waals surface area contributed by atoms with Crippen LogP contribution < -0.4 is 0 Å². The number of carbonyl (C=O) groups excluding carboxylic acids is 1. The maximum Gasteiger partial charge on any atom is 0.246 e. The van der Waals surface area contributed by atoms with Gasteiger partial charge in [0, 0.05) is 19.0 Å². The standard InChI is InChI=1S/C22H27NO/c1-6-8-9-10-17(5)21-15-23(22(24)7-2)14-19-12-11-18(16(3)4)13-20(19)21/h6-13,16,21H,2,5,14-15H2,1,3-4H3/b8-6-,10-9-/t21-/m1/s1. The molecular formula is C22H27NO. The lowest BCUT2D eigenvalue weighted by Crippen LogP contribution is -2.37. The lowest BCUT2D eigenvalue weighted by atomic mass is 9.82. The van der Waals surface area contributed by atoms with Crippen LogP contribution in [0.25, 0.3) is 0 Å². The number of fused-ring (bicyclic) bond motifs is 1. The molecule has 0 fully saturated rings. The molecule has 0 N–H and O–H groups in total. The molecule has 2 rings (SSSR count). The van der Waals surface area contributed by atoms with Crippen molar-refractivity contribution in [2.45, 2.75) is 39.2 Å². The second-order valence-corrected chi connectivity index (χ2v) is 6.55. The van der Waals surface area contributed by atoms with Gasteiger partial charge >= 0.3 is 0 Å². The van der Waals surface area contributed by atoms with Crippen molar-refractivity contribution >= 4 is 5.91 Å². The van der Waals surface area contributed by atoms with Crippen molar-refractivity contribution < 1.29 is 4.79 Å². The van der Waals surface area contributed by atoms with E-state index in [-0.39, 0.29) is 11.8 Å². The highest BCUT2D eigenvalue weighted by molar-refractivity contribution is 5.87. The zero-order valence-corrected chi connectivity index (χ0v) is 15.0. The van der Waals surface area contributed by atoms with Gasteiger partial charge in [-0.05, 0) is 41.2 Å². The topological polar surface area (TPSA) is 20.3 Å². The maximum atomic E-state index is 12.1. The fraction of sp³-hybridized carbons (Fsp3) is 0.318. The van der Waals surface area contributed by atoms with Crippen LogP contribution in [-0.4, -0.2) is 17.4 Å². The summed E-state index contributed by atoms with van der Waals surface area (Å²) in [5.74, 6) is 0.581. The van der Waals surface area contributed by atoms with Gasteiger partial charge in [0.15, 0.2) is 0 Å². The van der Waals surface area contributed by atoms with E-state index in [1.54, 1.807) is 0 Å². The predicted molar refractivity (Wildman–Crippen MR) is 102 cm³/mol. The van der Waals surface area contributed by atoms with Crippen LogP contribution in [0.2, 0.25) is 0 Å². The Kier molecular flexibility index (Phi) is 5.97. The lowest BCUT2D eigenvalue weighted by Gasteiger charge is -2.35. The lowest BCUT2D eigenvalue weighted by molar-refractivity contribution is -0.127. The molecule has 2 heteroatoms. The highest BCUT2D eigenvalue weighted by Crippen LogP contribution is 2.35. The van der Waals surface area contributed by atoms with E-state index < -0.39 is 0 Å². The van der Waals surface area contributed by atoms with Crippen molar-refractivity contribution in [3.63, 3.8) is 0 Å². The summed E-state index contributed by atoms with van der Waals surface area (Å²) in [6.45, 7) is 15.6. The zero-order valence-electron chi connectivity index (χ0n) is 15.0. The van der Waals surface area contributed by atoms with Crippen molar-refractivity contribution in [3.8, 4) is 0 Å². The first-order chi connectivity index (χ1) is 11.5. The van der Waals surface area contributed by atoms with Gasteiger partial charge in [-0.25, -0.2) is 0 Å². The van der Waals surface area contributed by atoms with Crippen LogP contribution in [0.5, 0.6) is 0 Å². The van der Waals surface area contributed by atoms with E-state index in [9.17, 15) is 4.79 Å². The summed E-state index contributed by atoms with van der Waals surface area (Å²) in [6, 6.07) is 6.61. The molecule has 24 heavy (non-hydrogen) atoms. The van der Waals surface area contributed by atoms with Crippen molar-refractivity contribution in [1.82, 2.24) is 4.90 Å². The number of allylic oxidation sites excluding steroid dienone is 4. The summed E-state index contributed by atoms with van der Waals surface area (Å²) < 4.78 is 0. The minimum Gasteiger partial charge on any atom is -0.334 e. The molecule has 0 aromatic heterocycles. The van der Waals surface area contributed by atoms with Crippen LogP contribution in [-0.2, 0) is 11.3 Å². The molecule has 1 atom stereocenters. The second-order valence-electron chi connectivity index (χ2n) is 6.55. The number of rotatable bonds is 5. The Morgan fingerprint density at radius 3 is 2.71 bits per heavy atom. The van der Waals surface area contributed by atoms with Gasteiger partial charge < -0.3 is 4.90 Å². The van der Waals surface area contributed by atoms with Gasteiger partial charge in [-0.2, -0.15) is 0 Å². The van der Waals surface area contributed by atoms with Gasteiger partial charge in [-0.1, -0.05) is 69.5 Å². The normalized spacial score (nSPS) is 17.5. The van der Waals surface area contributed by atoms with Crippen molar-refractivity contribution in [2.24, 2.45) is 0 Å². The summed E-state index contributed by atoms with van der Waals surface area (Å²) in [6.07, 6.45) is 9.42. The minimum absolute atomic E-state index is 0.0242. The third-order valence-corrected chi connectivity index (χ3v) is 4.52. The highest BCUT2D eigenvalue weighted by atomic mass is 16.2. The summed E-state index contributed by atoms with van der Waals surface area (Å²) >= 11 is 0. The van der Waals surface area contributed by atoms with Crippen LogP contribution in [0.4, 0.5) is 0 Å². The highest BCUT2D eigenvalue weighted by Gasteiger charge is 2.28. The largest absolute Gasteiger partial charge is 0.334 e. The first-order valence-corrected chi connectivity index (χ1v) is 8.50. The van der Waals surface area contributed by atoms with Crippen LogP contribution in [0, 0.1) is 0 Å². The summed E-state index contributed by atoms with van der Waals surface area (Å²) in [5, 5.41) is 0. The van der Waals surface area contributed by atoms with Crippen molar-refractivity contribution in [3.05, 3.63) is 84.0 Å². The third kappa shape index (κ3) is 3.94. The van der Waals surface area contributed by atoms with E-state index in [0.29, 0.717) is 19.0 Å². The molecule has 2 nitrogen and oxygen atoms in total. The number of hydrogen-bond donors (Lipinski definition) is 0. The number of nitrogens with zero attached hydrogens (tertiary/aromatic N) is 1. The predicted octanol–water partition coefficient (Wildman–Crippen LogP) is 5.11. The molecule has 0 bridgehead atoms. The van der Waals surface area contributed by atoms with Gasteiger partial charge in [-0.15, -0.1) is 0 Å². The van der Waals surface area contributed by atoms with Crippen LogP contribution in [0.1, 0.15) is 49.3 Å². The Bertz CT molecular complexity index is 694. The van der Waals surface area contributed by atoms with Gasteiger partial charge in [-0.3, -0.25) is 4.79 Å². The van der Waals surface area contributed by atoms with Crippen molar-refractivity contribution in [2.75, 3.05) is 6.54 Å². The van der Waals surface area contributed by atoms with Crippen molar-refractivity contribution in [1.29, 1.82) is 0 Å². The summed E-state index contributed by atoms with van der Waals surface area (Å²) in [4.78, 5) is 14.0. The molecule has 1 amide bonds. The van der Waals surface area contributed by atoms with Gasteiger partial charge in [0.25, 0.3) is 0 Å². The Morgan fingerprint density at radius 2 is 2.08 bits per heavy atom. The van der Waals surface area contributed by atoms with E-state index in [2.05, 4.69) is 45.2 Å². The average molecular weight is 321 g/mol. The van der Waals surface area contributed by atoms with E-state index in [1.807, 2.05) is 36.1 Å². The SMILES string of the molecule is C=CC(=O)N1Cc2ccc(C(C)C)cc2[C@@H](C(=C)/C=C\C=C/C)C1. The molecule has 126 valence electrons. The first kappa shape index (κ1) is 18.0. The maximum absolute atomic E-state index is 12.1. The first-order valence-electron chi connectivity index (χ1n) is 8.50. The molecule has 1 aliphatic heterocycles. The third-order valence-electron chi connectivity index (χ3n) is 4.52. The molecule has 1 heterocycles. The van der Waals surface area contributed by atoms with Crippen LogP contribution >= 0.6 is 0 Å². The van der Waals surface area contributed by atoms with Gasteiger partial charge in [0.05, 0.1) is 0 Å². The molecule has 0 saturated carbocycles. The summed E-state index contributed by atoms with van der Waals surface area (Å²) in [7, 11) is 0. The molecule has 1 aromatic rings. The van der Waals surface area contributed by atoms with Gasteiger partial charge in [0.2, 0.25) is 5.91 Å². The number of hydrogen-bond acceptors (Lipinski definition) is 1. The van der Waals surface area contributed by atoms with E-state index in [0.717, 1.165) is 5.57 Å². The molecule has 1 aliphatic rings. The minimum atomic E-state index is -0.0242. The monoisotopic (exact) mass is 321 g/mol. The molecule has 0 aliphatic carbocycles. The Hall–Kier alpha value is -2.35. The molecule has 0 spiro atoms. The van der Waals surface area contributed by atoms with E-state index in [4.69, 9.17) is 0 Å². The summed E-state index contributed by atoms with van der Waals surface area (Å²) in [5.41, 5.74) is 4.85. The Labute approximate surface area is 145 Å². The van der Waals surface area contributed by atoms with Crippen LogP contribution in [0.3, 0.4) is 0 Å². The smallest absolute Gasteiger partial charge is 0.246 e. The van der Waals surface area contributed by atoms with E-state index in [1.165, 1.54) is 22.8 Å². The number of carbonyl (C=O) groups is 1. The second kappa shape index (κ2) is 7.96. The molecule has 1 aromatic carbocycles. The van der Waals surface area contributed by atoms with E-state index >= 15 is 0 Å². The zero-order chi connectivity index (χ0) is 17.7. The molecule has 0 unspecified atom stereocenters. The Morgan fingerprint density at radius 1 is 1.33 bits per heavy atom. The number of amides is 1. The number of benzene rings is 1. The Balaban J connectivity index is 2.43. The molecule has 0 radical (unpaired) electrons. The fourth-order valence-electron chi connectivity index (χ4n) is 3.05. The quantitative estimate of drug-likeness (QED) is 0.545. The molecule has 0 saturated heterocycles. The molecular weight excluding hydrogens is 294 g/mol.